The lowest BCUT2D eigenvalue weighted by molar-refractivity contribution is -0.132. The number of carbonyl (C=O) groups is 1. The highest BCUT2D eigenvalue weighted by atomic mass is 16.6. The van der Waals surface area contributed by atoms with Gasteiger partial charge in [0.2, 0.25) is 0 Å². The minimum Gasteiger partial charge on any atom is -0.478 e. The van der Waals surface area contributed by atoms with Crippen molar-refractivity contribution in [3.63, 3.8) is 0 Å². The van der Waals surface area contributed by atoms with E-state index in [1.165, 1.54) is 6.92 Å². The lowest BCUT2D eigenvalue weighted by Crippen LogP contribution is -2.13. The fourth-order valence-electron chi connectivity index (χ4n) is 1.92. The number of carboxylic acids is 1. The lowest BCUT2D eigenvalue weighted by atomic mass is 10.0. The van der Waals surface area contributed by atoms with Gasteiger partial charge in [0, 0.05) is 12.2 Å². The molecule has 0 spiro atoms. The molecule has 3 N–H and O–H groups in total. The third kappa shape index (κ3) is 10.00. The number of epoxide rings is 2. The van der Waals surface area contributed by atoms with Crippen LogP contribution in [0.2, 0.25) is 0 Å². The summed E-state index contributed by atoms with van der Waals surface area (Å²) in [5, 5.41) is 26.9. The molecule has 3 unspecified atom stereocenters. The van der Waals surface area contributed by atoms with Crippen molar-refractivity contribution in [2.24, 2.45) is 0 Å². The van der Waals surface area contributed by atoms with E-state index in [9.17, 15) is 9.90 Å². The predicted molar refractivity (Wildman–Crippen MR) is 87.9 cm³/mol. The molecule has 3 atom stereocenters. The fourth-order valence-corrected chi connectivity index (χ4v) is 1.92. The molecule has 0 aromatic rings. The van der Waals surface area contributed by atoms with Crippen molar-refractivity contribution >= 4 is 5.97 Å². The van der Waals surface area contributed by atoms with Gasteiger partial charge in [0.05, 0.1) is 32.5 Å². The van der Waals surface area contributed by atoms with Crippen molar-refractivity contribution < 1.29 is 34.3 Å². The molecule has 0 bridgehead atoms. The first-order valence-electron chi connectivity index (χ1n) is 8.46. The number of unbranched alkanes of at least 4 members (excludes halogenated alkanes) is 2. The molecule has 140 valence electrons. The van der Waals surface area contributed by atoms with Crippen LogP contribution in [-0.4, -0.2) is 72.6 Å². The van der Waals surface area contributed by atoms with Crippen LogP contribution in [0.4, 0.5) is 0 Å². The van der Waals surface area contributed by atoms with E-state index < -0.39 is 12.1 Å². The van der Waals surface area contributed by atoms with Gasteiger partial charge in [-0.05, 0) is 32.3 Å². The molecule has 2 aliphatic heterocycles. The highest BCUT2D eigenvalue weighted by molar-refractivity contribution is 5.86. The normalized spacial score (nSPS) is 23.7. The Morgan fingerprint density at radius 1 is 1.12 bits per heavy atom. The van der Waals surface area contributed by atoms with Gasteiger partial charge in [-0.1, -0.05) is 12.8 Å². The largest absolute Gasteiger partial charge is 0.478 e. The maximum Gasteiger partial charge on any atom is 0.331 e. The molecule has 7 nitrogen and oxygen atoms in total. The molecule has 0 aliphatic carbocycles. The topological polar surface area (TPSA) is 112 Å². The van der Waals surface area contributed by atoms with Crippen LogP contribution in [0.3, 0.4) is 0 Å². The van der Waals surface area contributed by atoms with Crippen molar-refractivity contribution in [1.82, 2.24) is 0 Å². The number of aliphatic carboxylic acids is 1. The van der Waals surface area contributed by atoms with Crippen LogP contribution in [0.15, 0.2) is 11.1 Å². The zero-order valence-electron chi connectivity index (χ0n) is 14.6. The molecule has 24 heavy (non-hydrogen) atoms. The van der Waals surface area contributed by atoms with Crippen molar-refractivity contribution in [2.45, 2.75) is 57.8 Å². The Balaban J connectivity index is 0.000000267. The van der Waals surface area contributed by atoms with E-state index in [0.29, 0.717) is 24.2 Å². The van der Waals surface area contributed by atoms with Crippen LogP contribution in [0.5, 0.6) is 0 Å². The summed E-state index contributed by atoms with van der Waals surface area (Å²) in [6, 6.07) is 0. The Kier molecular flexibility index (Phi) is 10.1. The average Bonchev–Trinajstić information content (AvgIpc) is 3.45. The van der Waals surface area contributed by atoms with Gasteiger partial charge in [-0.25, -0.2) is 4.79 Å². The molecule has 0 radical (unpaired) electrons. The standard InChI is InChI=1S/C11H20O4.C6H10O3/c1-8(9(2)11(14)15)10(13)6-4-3-5-7-12;1(5-3-8-5)7-2-6-4-9-6/h10,12-13H,3-7H2,1-2H3,(H,14,15);5-6H,1-4H2. The van der Waals surface area contributed by atoms with Crippen LogP contribution in [0.1, 0.15) is 39.5 Å². The van der Waals surface area contributed by atoms with Crippen LogP contribution in [0.25, 0.3) is 0 Å². The minimum absolute atomic E-state index is 0.166. The van der Waals surface area contributed by atoms with Crippen molar-refractivity contribution in [1.29, 1.82) is 0 Å². The average molecular weight is 346 g/mol. The van der Waals surface area contributed by atoms with E-state index in [1.807, 2.05) is 0 Å². The minimum atomic E-state index is -0.984. The zero-order chi connectivity index (χ0) is 17.9. The van der Waals surface area contributed by atoms with Crippen LogP contribution >= 0.6 is 0 Å². The molecule has 7 heteroatoms. The molecule has 2 heterocycles. The Bertz CT molecular complexity index is 388. The SMILES string of the molecule is C(OCC1CO1)C1CO1.CC(C(=O)O)=C(C)C(O)CCCCCO. The summed E-state index contributed by atoms with van der Waals surface area (Å²) in [4.78, 5) is 10.6. The first kappa shape index (κ1) is 21.1. The predicted octanol–water partition coefficient (Wildman–Crippen LogP) is 1.12. The van der Waals surface area contributed by atoms with Crippen molar-refractivity contribution in [3.8, 4) is 0 Å². The second-order valence-corrected chi connectivity index (χ2v) is 6.15. The summed E-state index contributed by atoms with van der Waals surface area (Å²) < 4.78 is 15.1. The van der Waals surface area contributed by atoms with Crippen molar-refractivity contribution in [2.75, 3.05) is 33.0 Å². The first-order chi connectivity index (χ1) is 11.5. The van der Waals surface area contributed by atoms with Crippen LogP contribution in [-0.2, 0) is 19.0 Å². The Hall–Kier alpha value is -0.990. The third-order valence-corrected chi connectivity index (χ3v) is 3.96. The molecule has 2 saturated heterocycles. The maximum absolute atomic E-state index is 10.6. The number of carboxylic acid groups (broad SMARTS) is 1. The van der Waals surface area contributed by atoms with Gasteiger partial charge >= 0.3 is 5.97 Å². The summed E-state index contributed by atoms with van der Waals surface area (Å²) in [6.07, 6.45) is 3.04. The van der Waals surface area contributed by atoms with Crippen molar-refractivity contribution in [3.05, 3.63) is 11.1 Å². The van der Waals surface area contributed by atoms with E-state index >= 15 is 0 Å². The second-order valence-electron chi connectivity index (χ2n) is 6.15. The molecule has 0 amide bonds. The van der Waals surface area contributed by atoms with E-state index in [1.54, 1.807) is 6.92 Å². The fraction of sp³-hybridized carbons (Fsp3) is 0.824. The van der Waals surface area contributed by atoms with Crippen LogP contribution < -0.4 is 0 Å². The van der Waals surface area contributed by atoms with Gasteiger partial charge in [0.25, 0.3) is 0 Å². The highest BCUT2D eigenvalue weighted by Crippen LogP contribution is 2.15. The summed E-state index contributed by atoms with van der Waals surface area (Å²) in [7, 11) is 0. The number of aliphatic hydroxyl groups excluding tert-OH is 2. The number of hydrogen-bond donors (Lipinski definition) is 3. The van der Waals surface area contributed by atoms with Crippen LogP contribution in [0, 0.1) is 0 Å². The second kappa shape index (κ2) is 11.5. The maximum atomic E-state index is 10.6. The van der Waals surface area contributed by atoms with E-state index in [4.69, 9.17) is 24.4 Å². The molecule has 0 aromatic heterocycles. The number of ether oxygens (including phenoxy) is 3. The molecule has 0 aromatic carbocycles. The highest BCUT2D eigenvalue weighted by Gasteiger charge is 2.26. The summed E-state index contributed by atoms with van der Waals surface area (Å²) in [5.74, 6) is -0.984. The van der Waals surface area contributed by atoms with E-state index in [0.717, 1.165) is 45.7 Å². The molecular weight excluding hydrogens is 316 g/mol. The Morgan fingerprint density at radius 2 is 1.67 bits per heavy atom. The quantitative estimate of drug-likeness (QED) is 0.292. The van der Waals surface area contributed by atoms with E-state index in [2.05, 4.69) is 0 Å². The van der Waals surface area contributed by atoms with Gasteiger partial charge in [-0.2, -0.15) is 0 Å². The lowest BCUT2D eigenvalue weighted by Gasteiger charge is -2.12. The monoisotopic (exact) mass is 346 g/mol. The zero-order valence-corrected chi connectivity index (χ0v) is 14.6. The Morgan fingerprint density at radius 3 is 2.08 bits per heavy atom. The van der Waals surface area contributed by atoms with Gasteiger partial charge < -0.3 is 29.5 Å². The molecule has 2 fully saturated rings. The van der Waals surface area contributed by atoms with Gasteiger partial charge in [-0.3, -0.25) is 0 Å². The number of rotatable bonds is 11. The Labute approximate surface area is 143 Å². The van der Waals surface area contributed by atoms with E-state index in [-0.39, 0.29) is 12.2 Å². The number of aliphatic hydroxyl groups is 2. The summed E-state index contributed by atoms with van der Waals surface area (Å²) in [5.41, 5.74) is 0.733. The molecule has 2 aliphatic rings. The molecule has 0 saturated carbocycles. The molecular formula is C17H30O7. The number of hydrogen-bond acceptors (Lipinski definition) is 6. The third-order valence-electron chi connectivity index (χ3n) is 3.96. The van der Waals surface area contributed by atoms with Gasteiger partial charge in [0.1, 0.15) is 12.2 Å². The smallest absolute Gasteiger partial charge is 0.331 e. The molecule has 2 rings (SSSR count). The first-order valence-corrected chi connectivity index (χ1v) is 8.46. The van der Waals surface area contributed by atoms with Gasteiger partial charge in [0.15, 0.2) is 0 Å². The summed E-state index contributed by atoms with van der Waals surface area (Å²) in [6.45, 7) is 6.56. The summed E-state index contributed by atoms with van der Waals surface area (Å²) >= 11 is 0. The van der Waals surface area contributed by atoms with Gasteiger partial charge in [-0.15, -0.1) is 0 Å².